The molecule has 6 heteroatoms. The molecule has 1 N–H and O–H groups in total. The maximum atomic E-state index is 13.1. The van der Waals surface area contributed by atoms with E-state index in [0.29, 0.717) is 23.7 Å². The minimum atomic E-state index is -0.574. The predicted molar refractivity (Wildman–Crippen MR) is 127 cm³/mol. The van der Waals surface area contributed by atoms with E-state index < -0.39 is 6.04 Å². The van der Waals surface area contributed by atoms with Crippen molar-refractivity contribution in [3.8, 4) is 0 Å². The number of rotatable bonds is 9. The average Bonchev–Trinajstić information content (AvgIpc) is 2.68. The molecule has 0 unspecified atom stereocenters. The molecule has 0 radical (unpaired) electrons. The first-order chi connectivity index (χ1) is 14.2. The number of halogens is 1. The fourth-order valence-electron chi connectivity index (χ4n) is 2.96. The summed E-state index contributed by atoms with van der Waals surface area (Å²) in [6.45, 7) is 7.92. The third-order valence-corrected chi connectivity index (χ3v) is 5.74. The van der Waals surface area contributed by atoms with Gasteiger partial charge >= 0.3 is 0 Å². The molecule has 30 heavy (non-hydrogen) atoms. The van der Waals surface area contributed by atoms with Crippen molar-refractivity contribution >= 4 is 35.2 Å². The molecule has 0 aliphatic rings. The van der Waals surface area contributed by atoms with Gasteiger partial charge in [-0.2, -0.15) is 11.8 Å². The van der Waals surface area contributed by atoms with E-state index in [0.717, 1.165) is 11.3 Å². The van der Waals surface area contributed by atoms with Crippen molar-refractivity contribution in [1.82, 2.24) is 10.2 Å². The van der Waals surface area contributed by atoms with Crippen molar-refractivity contribution in [1.29, 1.82) is 0 Å². The van der Waals surface area contributed by atoms with E-state index in [2.05, 4.69) is 17.4 Å². The molecule has 0 aliphatic heterocycles. The molecule has 0 aliphatic carbocycles. The molecule has 2 rings (SSSR count). The lowest BCUT2D eigenvalue weighted by molar-refractivity contribution is -0.140. The van der Waals surface area contributed by atoms with Crippen LogP contribution in [0.3, 0.4) is 0 Å². The van der Waals surface area contributed by atoms with Crippen LogP contribution in [0.2, 0.25) is 5.02 Å². The molecule has 0 bridgehead atoms. The molecule has 2 aromatic carbocycles. The van der Waals surface area contributed by atoms with E-state index in [1.165, 1.54) is 5.56 Å². The standard InChI is InChI=1S/C24H31ClN2O2S/c1-18(23(29)26-24(2,3)4)27(16-20-11-8-12-21(25)15-20)22(28)13-14-30-17-19-9-6-5-7-10-19/h5-12,15,18H,13-14,16-17H2,1-4H3,(H,26,29)/t18-/m0/s1. The monoisotopic (exact) mass is 446 g/mol. The van der Waals surface area contributed by atoms with E-state index in [1.807, 2.05) is 57.2 Å². The zero-order chi connectivity index (χ0) is 22.1. The van der Waals surface area contributed by atoms with Gasteiger partial charge in [-0.05, 0) is 51.0 Å². The Kier molecular flexibility index (Phi) is 9.25. The van der Waals surface area contributed by atoms with Crippen LogP contribution in [0, 0.1) is 0 Å². The van der Waals surface area contributed by atoms with Crippen LogP contribution < -0.4 is 5.32 Å². The topological polar surface area (TPSA) is 49.4 Å². The Morgan fingerprint density at radius 3 is 2.37 bits per heavy atom. The Hall–Kier alpha value is -1.98. The van der Waals surface area contributed by atoms with Gasteiger partial charge in [-0.3, -0.25) is 9.59 Å². The van der Waals surface area contributed by atoms with Crippen molar-refractivity contribution in [2.75, 3.05) is 5.75 Å². The maximum absolute atomic E-state index is 13.1. The minimum absolute atomic E-state index is 0.0351. The highest BCUT2D eigenvalue weighted by Gasteiger charge is 2.28. The fourth-order valence-corrected chi connectivity index (χ4v) is 4.06. The summed E-state index contributed by atoms with van der Waals surface area (Å²) in [7, 11) is 0. The zero-order valence-corrected chi connectivity index (χ0v) is 19.7. The summed E-state index contributed by atoms with van der Waals surface area (Å²) in [5, 5.41) is 3.59. The molecule has 4 nitrogen and oxygen atoms in total. The van der Waals surface area contributed by atoms with Crippen LogP contribution in [-0.2, 0) is 21.9 Å². The molecule has 0 fully saturated rings. The highest BCUT2D eigenvalue weighted by atomic mass is 35.5. The number of benzene rings is 2. The first kappa shape index (κ1) is 24.3. The molecule has 0 spiro atoms. The first-order valence-electron chi connectivity index (χ1n) is 10.1. The fraction of sp³-hybridized carbons (Fsp3) is 0.417. The predicted octanol–water partition coefficient (Wildman–Crippen LogP) is 5.30. The van der Waals surface area contributed by atoms with Gasteiger partial charge in [0.15, 0.2) is 0 Å². The molecule has 162 valence electrons. The van der Waals surface area contributed by atoms with E-state index in [4.69, 9.17) is 11.6 Å². The quantitative estimate of drug-likeness (QED) is 0.532. The zero-order valence-electron chi connectivity index (χ0n) is 18.2. The first-order valence-corrected chi connectivity index (χ1v) is 11.7. The molecule has 0 aromatic heterocycles. The van der Waals surface area contributed by atoms with Crippen molar-refractivity contribution in [3.05, 3.63) is 70.7 Å². The third-order valence-electron chi connectivity index (χ3n) is 4.48. The van der Waals surface area contributed by atoms with Gasteiger partial charge in [0.05, 0.1) is 0 Å². The SMILES string of the molecule is C[C@@H](C(=O)NC(C)(C)C)N(Cc1cccc(Cl)c1)C(=O)CCSCc1ccccc1. The average molecular weight is 447 g/mol. The van der Waals surface area contributed by atoms with Gasteiger partial charge in [-0.1, -0.05) is 54.1 Å². The third kappa shape index (κ3) is 8.41. The van der Waals surface area contributed by atoms with Crippen LogP contribution >= 0.6 is 23.4 Å². The second kappa shape index (κ2) is 11.4. The van der Waals surface area contributed by atoms with Crippen LogP contribution in [0.25, 0.3) is 0 Å². The number of nitrogens with one attached hydrogen (secondary N) is 1. The molecular formula is C24H31ClN2O2S. The lowest BCUT2D eigenvalue weighted by Crippen LogP contribution is -2.52. The largest absolute Gasteiger partial charge is 0.350 e. The Bertz CT molecular complexity index is 837. The minimum Gasteiger partial charge on any atom is -0.350 e. The number of hydrogen-bond acceptors (Lipinski definition) is 3. The molecule has 0 saturated carbocycles. The van der Waals surface area contributed by atoms with Crippen LogP contribution in [0.1, 0.15) is 45.2 Å². The van der Waals surface area contributed by atoms with Gasteiger partial charge in [0.25, 0.3) is 0 Å². The highest BCUT2D eigenvalue weighted by molar-refractivity contribution is 7.98. The summed E-state index contributed by atoms with van der Waals surface area (Å²) in [5.74, 6) is 1.37. The molecule has 0 saturated heterocycles. The van der Waals surface area contributed by atoms with Crippen LogP contribution in [0.5, 0.6) is 0 Å². The normalized spacial score (nSPS) is 12.3. The number of carbonyl (C=O) groups excluding carboxylic acids is 2. The van der Waals surface area contributed by atoms with Crippen molar-refractivity contribution in [2.45, 2.75) is 58.0 Å². The second-order valence-corrected chi connectivity index (χ2v) is 9.90. The van der Waals surface area contributed by atoms with E-state index in [9.17, 15) is 9.59 Å². The highest BCUT2D eigenvalue weighted by Crippen LogP contribution is 2.18. The molecular weight excluding hydrogens is 416 g/mol. The Morgan fingerprint density at radius 1 is 1.07 bits per heavy atom. The number of thioether (sulfide) groups is 1. The number of amides is 2. The van der Waals surface area contributed by atoms with Gasteiger partial charge in [-0.15, -0.1) is 0 Å². The summed E-state index contributed by atoms with van der Waals surface area (Å²) >= 11 is 7.83. The van der Waals surface area contributed by atoms with E-state index in [1.54, 1.807) is 29.7 Å². The second-order valence-electron chi connectivity index (χ2n) is 8.35. The van der Waals surface area contributed by atoms with Gasteiger partial charge in [0.1, 0.15) is 6.04 Å². The van der Waals surface area contributed by atoms with E-state index >= 15 is 0 Å². The van der Waals surface area contributed by atoms with Gasteiger partial charge < -0.3 is 10.2 Å². The lowest BCUT2D eigenvalue weighted by atomic mass is 10.1. The number of hydrogen-bond donors (Lipinski definition) is 1. The van der Waals surface area contributed by atoms with Gasteiger partial charge in [0, 0.05) is 35.0 Å². The maximum Gasteiger partial charge on any atom is 0.242 e. The molecule has 2 amide bonds. The Morgan fingerprint density at radius 2 is 1.73 bits per heavy atom. The van der Waals surface area contributed by atoms with Crippen LogP contribution in [0.4, 0.5) is 0 Å². The smallest absolute Gasteiger partial charge is 0.242 e. The summed E-state index contributed by atoms with van der Waals surface area (Å²) in [6, 6.07) is 17.0. The van der Waals surface area contributed by atoms with Crippen molar-refractivity contribution in [2.24, 2.45) is 0 Å². The Balaban J connectivity index is 2.03. The summed E-state index contributed by atoms with van der Waals surface area (Å²) in [5.41, 5.74) is 1.79. The summed E-state index contributed by atoms with van der Waals surface area (Å²) in [4.78, 5) is 27.4. The van der Waals surface area contributed by atoms with Gasteiger partial charge in [0.2, 0.25) is 11.8 Å². The molecule has 2 aromatic rings. The van der Waals surface area contributed by atoms with Gasteiger partial charge in [-0.25, -0.2) is 0 Å². The number of nitrogens with zero attached hydrogens (tertiary/aromatic N) is 1. The van der Waals surface area contributed by atoms with E-state index in [-0.39, 0.29) is 17.4 Å². The van der Waals surface area contributed by atoms with Crippen LogP contribution in [0.15, 0.2) is 54.6 Å². The van der Waals surface area contributed by atoms with Crippen molar-refractivity contribution < 1.29 is 9.59 Å². The molecule has 0 heterocycles. The Labute approximate surface area is 189 Å². The lowest BCUT2D eigenvalue weighted by Gasteiger charge is -2.31. The van der Waals surface area contributed by atoms with Crippen molar-refractivity contribution in [3.63, 3.8) is 0 Å². The number of carbonyl (C=O) groups is 2. The van der Waals surface area contributed by atoms with Crippen LogP contribution in [-0.4, -0.2) is 34.0 Å². The molecule has 1 atom stereocenters. The summed E-state index contributed by atoms with van der Waals surface area (Å²) in [6.07, 6.45) is 0.380. The summed E-state index contributed by atoms with van der Waals surface area (Å²) < 4.78 is 0.